The third-order valence-corrected chi connectivity index (χ3v) is 8.21. The summed E-state index contributed by atoms with van der Waals surface area (Å²) in [5.41, 5.74) is 8.70. The van der Waals surface area contributed by atoms with Crippen LogP contribution in [-0.4, -0.2) is 29.9 Å². The molecule has 0 fully saturated rings. The molecular weight excluding hydrogens is 564 g/mol. The number of fused-ring (bicyclic) bond motifs is 9. The van der Waals surface area contributed by atoms with Gasteiger partial charge in [0, 0.05) is 68.4 Å². The number of pyridine rings is 6. The molecule has 0 amide bonds. The van der Waals surface area contributed by atoms with Crippen LogP contribution in [0.25, 0.3) is 100 Å². The molecule has 0 saturated heterocycles. The lowest BCUT2D eigenvalue weighted by Crippen LogP contribution is -1.90. The van der Waals surface area contributed by atoms with Gasteiger partial charge in [0.15, 0.2) is 5.58 Å². The molecule has 10 aromatic rings. The topological polar surface area (TPSA) is 117 Å². The van der Waals surface area contributed by atoms with Gasteiger partial charge in [-0.2, -0.15) is 0 Å². The Labute approximate surface area is 252 Å². The number of hydrogen-bond donors (Lipinski definition) is 0. The molecule has 0 unspecified atom stereocenters. The minimum Gasteiger partial charge on any atom is -0.436 e. The number of nitrogens with zero attached hydrogens (tertiary/aromatic N) is 6. The Balaban J connectivity index is 1.20. The van der Waals surface area contributed by atoms with E-state index in [2.05, 4.69) is 44.2 Å². The maximum absolute atomic E-state index is 6.03. The normalized spacial score (nSPS) is 12.0. The van der Waals surface area contributed by atoms with Gasteiger partial charge in [0.05, 0.1) is 23.0 Å². The van der Waals surface area contributed by atoms with E-state index in [0.29, 0.717) is 34.2 Å². The van der Waals surface area contributed by atoms with Crippen molar-refractivity contribution in [3.05, 3.63) is 110 Å². The predicted molar refractivity (Wildman–Crippen MR) is 171 cm³/mol. The van der Waals surface area contributed by atoms with Crippen molar-refractivity contribution in [3.63, 3.8) is 0 Å². The van der Waals surface area contributed by atoms with Gasteiger partial charge in [-0.1, -0.05) is 0 Å². The van der Waals surface area contributed by atoms with Crippen LogP contribution in [0.15, 0.2) is 123 Å². The SMILES string of the molecule is c1cnc2oc3cnc(-c4cc(-c5cnc6oc7ncccc7c6c5)cc(-c5ccc6c(n5)oc5ncccc56)c4)cc3c2c1. The van der Waals surface area contributed by atoms with Gasteiger partial charge in [0.25, 0.3) is 0 Å². The summed E-state index contributed by atoms with van der Waals surface area (Å²) in [6.45, 7) is 0. The zero-order chi connectivity index (χ0) is 29.5. The Morgan fingerprint density at radius 2 is 0.978 bits per heavy atom. The molecule has 9 heteroatoms. The molecular formula is C36H18N6O3. The summed E-state index contributed by atoms with van der Waals surface area (Å²) in [4.78, 5) is 27.5. The molecule has 1 aromatic carbocycles. The molecule has 9 heterocycles. The largest absolute Gasteiger partial charge is 0.436 e. The molecule has 0 N–H and O–H groups in total. The fourth-order valence-corrected chi connectivity index (χ4v) is 6.07. The average molecular weight is 583 g/mol. The van der Waals surface area contributed by atoms with Gasteiger partial charge >= 0.3 is 0 Å². The highest BCUT2D eigenvalue weighted by Gasteiger charge is 2.16. The molecule has 0 saturated carbocycles. The van der Waals surface area contributed by atoms with Gasteiger partial charge in [0.2, 0.25) is 28.6 Å². The van der Waals surface area contributed by atoms with E-state index in [4.69, 9.17) is 23.2 Å². The van der Waals surface area contributed by atoms with Crippen LogP contribution in [0.4, 0.5) is 0 Å². The van der Waals surface area contributed by atoms with E-state index in [-0.39, 0.29) is 0 Å². The summed E-state index contributed by atoms with van der Waals surface area (Å²) in [7, 11) is 0. The molecule has 0 atom stereocenters. The predicted octanol–water partition coefficient (Wildman–Crippen LogP) is 8.76. The van der Waals surface area contributed by atoms with Gasteiger partial charge < -0.3 is 13.3 Å². The summed E-state index contributed by atoms with van der Waals surface area (Å²) < 4.78 is 17.9. The number of aromatic nitrogens is 6. The van der Waals surface area contributed by atoms with Crippen molar-refractivity contribution in [1.29, 1.82) is 0 Å². The van der Waals surface area contributed by atoms with Crippen LogP contribution in [0.3, 0.4) is 0 Å². The van der Waals surface area contributed by atoms with Crippen molar-refractivity contribution in [2.24, 2.45) is 0 Å². The monoisotopic (exact) mass is 582 g/mol. The molecule has 10 rings (SSSR count). The lowest BCUT2D eigenvalue weighted by atomic mass is 9.96. The Morgan fingerprint density at radius 3 is 1.76 bits per heavy atom. The maximum Gasteiger partial charge on any atom is 0.230 e. The molecule has 45 heavy (non-hydrogen) atoms. The Hall–Kier alpha value is -6.48. The van der Waals surface area contributed by atoms with Crippen LogP contribution < -0.4 is 0 Å². The second-order valence-corrected chi connectivity index (χ2v) is 10.9. The number of furan rings is 3. The standard InChI is InChI=1S/C36H18N6O3/c1-4-23-26-7-8-29(42-36(26)45-33(23)38-10-1)20-12-19(22-15-28-25-6-3-11-39-34(25)44-35(28)41-17-22)13-21(14-20)30-16-27-24-5-2-9-37-32(24)43-31(27)18-40-30/h1-18H. The molecule has 0 aliphatic carbocycles. The van der Waals surface area contributed by atoms with Gasteiger partial charge in [-0.25, -0.2) is 24.9 Å². The van der Waals surface area contributed by atoms with E-state index >= 15 is 0 Å². The Bertz CT molecular complexity index is 2660. The minimum atomic E-state index is 0.533. The highest BCUT2D eigenvalue weighted by atomic mass is 16.4. The van der Waals surface area contributed by atoms with E-state index in [1.165, 1.54) is 0 Å². The van der Waals surface area contributed by atoms with Crippen molar-refractivity contribution < 1.29 is 13.3 Å². The maximum atomic E-state index is 6.03. The van der Waals surface area contributed by atoms with Crippen LogP contribution in [0.2, 0.25) is 0 Å². The summed E-state index contributed by atoms with van der Waals surface area (Å²) >= 11 is 0. The molecule has 0 radical (unpaired) electrons. The van der Waals surface area contributed by atoms with E-state index < -0.39 is 0 Å². The second-order valence-electron chi connectivity index (χ2n) is 10.9. The Kier molecular flexibility index (Phi) is 4.81. The van der Waals surface area contributed by atoms with Crippen LogP contribution >= 0.6 is 0 Å². The van der Waals surface area contributed by atoms with Crippen LogP contribution in [0.1, 0.15) is 0 Å². The van der Waals surface area contributed by atoms with Crippen molar-refractivity contribution in [2.75, 3.05) is 0 Å². The second kappa shape index (κ2) is 9.01. The zero-order valence-electron chi connectivity index (χ0n) is 23.3. The van der Waals surface area contributed by atoms with Gasteiger partial charge in [0.1, 0.15) is 0 Å². The molecule has 9 aromatic heterocycles. The van der Waals surface area contributed by atoms with Crippen molar-refractivity contribution >= 4 is 66.5 Å². The van der Waals surface area contributed by atoms with E-state index in [9.17, 15) is 0 Å². The van der Waals surface area contributed by atoms with E-state index in [1.54, 1.807) is 24.8 Å². The number of benzene rings is 1. The summed E-state index contributed by atoms with van der Waals surface area (Å²) in [6.07, 6.45) is 8.73. The van der Waals surface area contributed by atoms with Gasteiger partial charge in [-0.15, -0.1) is 0 Å². The smallest absolute Gasteiger partial charge is 0.230 e. The third kappa shape index (κ3) is 3.67. The first kappa shape index (κ1) is 24.0. The molecule has 0 aliphatic heterocycles. The zero-order valence-corrected chi connectivity index (χ0v) is 23.3. The first-order chi connectivity index (χ1) is 22.2. The highest BCUT2D eigenvalue weighted by molar-refractivity contribution is 6.06. The number of hydrogen-bond acceptors (Lipinski definition) is 9. The first-order valence-corrected chi connectivity index (χ1v) is 14.3. The average Bonchev–Trinajstić information content (AvgIpc) is 3.78. The van der Waals surface area contributed by atoms with Gasteiger partial charge in [-0.05, 0) is 84.4 Å². The molecule has 0 aliphatic rings. The van der Waals surface area contributed by atoms with Crippen LogP contribution in [0.5, 0.6) is 0 Å². The number of rotatable bonds is 3. The fourth-order valence-electron chi connectivity index (χ4n) is 6.07. The molecule has 0 bridgehead atoms. The lowest BCUT2D eigenvalue weighted by Gasteiger charge is -2.10. The summed E-state index contributed by atoms with van der Waals surface area (Å²) in [5, 5.41) is 5.55. The summed E-state index contributed by atoms with van der Waals surface area (Å²) in [6, 6.07) is 26.2. The third-order valence-electron chi connectivity index (χ3n) is 8.21. The van der Waals surface area contributed by atoms with Crippen molar-refractivity contribution in [3.8, 4) is 33.6 Å². The quantitative estimate of drug-likeness (QED) is 0.201. The van der Waals surface area contributed by atoms with Crippen LogP contribution in [-0.2, 0) is 0 Å². The van der Waals surface area contributed by atoms with Crippen molar-refractivity contribution in [2.45, 2.75) is 0 Å². The van der Waals surface area contributed by atoms with E-state index in [1.807, 2.05) is 60.8 Å². The summed E-state index contributed by atoms with van der Waals surface area (Å²) in [5.74, 6) is 0. The van der Waals surface area contributed by atoms with Crippen LogP contribution in [0, 0.1) is 0 Å². The minimum absolute atomic E-state index is 0.533. The molecule has 0 spiro atoms. The van der Waals surface area contributed by atoms with E-state index in [0.717, 1.165) is 66.0 Å². The fraction of sp³-hybridized carbons (Fsp3) is 0. The molecule has 9 nitrogen and oxygen atoms in total. The highest BCUT2D eigenvalue weighted by Crippen LogP contribution is 2.37. The lowest BCUT2D eigenvalue weighted by molar-refractivity contribution is 0.640. The van der Waals surface area contributed by atoms with Crippen molar-refractivity contribution in [1.82, 2.24) is 29.9 Å². The molecule has 210 valence electrons. The first-order valence-electron chi connectivity index (χ1n) is 14.3. The van der Waals surface area contributed by atoms with Gasteiger partial charge in [-0.3, -0.25) is 4.98 Å². The Morgan fingerprint density at radius 1 is 0.378 bits per heavy atom.